The van der Waals surface area contributed by atoms with Crippen molar-refractivity contribution in [2.75, 3.05) is 6.54 Å². The Morgan fingerprint density at radius 3 is 2.61 bits per heavy atom. The summed E-state index contributed by atoms with van der Waals surface area (Å²) in [5, 5.41) is 2.12. The van der Waals surface area contributed by atoms with Crippen molar-refractivity contribution in [1.82, 2.24) is 0 Å². The lowest BCUT2D eigenvalue weighted by molar-refractivity contribution is 0.536. The zero-order valence-corrected chi connectivity index (χ0v) is 13.9. The van der Waals surface area contributed by atoms with E-state index in [1.165, 1.54) is 14.9 Å². The molecule has 0 fully saturated rings. The van der Waals surface area contributed by atoms with Gasteiger partial charge < -0.3 is 5.73 Å². The van der Waals surface area contributed by atoms with Crippen LogP contribution in [0.4, 0.5) is 0 Å². The van der Waals surface area contributed by atoms with E-state index in [-0.39, 0.29) is 0 Å². The SMILES string of the molecule is NCC(Cc1cccc(Br)c1)Cc1sccc1Br. The van der Waals surface area contributed by atoms with Crippen LogP contribution in [-0.4, -0.2) is 6.54 Å². The maximum Gasteiger partial charge on any atom is 0.0314 e. The van der Waals surface area contributed by atoms with Gasteiger partial charge in [-0.1, -0.05) is 28.1 Å². The average molecular weight is 389 g/mol. The molecule has 2 aromatic rings. The van der Waals surface area contributed by atoms with E-state index in [0.29, 0.717) is 5.92 Å². The second-order valence-corrected chi connectivity index (χ2v) is 7.10. The Hall–Kier alpha value is -0.160. The molecule has 2 rings (SSSR count). The summed E-state index contributed by atoms with van der Waals surface area (Å²) >= 11 is 8.89. The maximum absolute atomic E-state index is 5.90. The molecular weight excluding hydrogens is 374 g/mol. The van der Waals surface area contributed by atoms with E-state index in [9.17, 15) is 0 Å². The molecule has 1 nitrogen and oxygen atoms in total. The molecule has 18 heavy (non-hydrogen) atoms. The van der Waals surface area contributed by atoms with Gasteiger partial charge in [0.1, 0.15) is 0 Å². The molecule has 0 radical (unpaired) electrons. The molecule has 1 aromatic heterocycles. The Kier molecular flexibility index (Phi) is 5.42. The first-order chi connectivity index (χ1) is 8.69. The Morgan fingerprint density at radius 2 is 2.00 bits per heavy atom. The van der Waals surface area contributed by atoms with Crippen LogP contribution < -0.4 is 5.73 Å². The Balaban J connectivity index is 2.04. The van der Waals surface area contributed by atoms with Gasteiger partial charge >= 0.3 is 0 Å². The molecule has 4 heteroatoms. The average Bonchev–Trinajstić information content (AvgIpc) is 2.74. The van der Waals surface area contributed by atoms with Gasteiger partial charge in [0.05, 0.1) is 0 Å². The highest BCUT2D eigenvalue weighted by molar-refractivity contribution is 9.10. The van der Waals surface area contributed by atoms with E-state index in [2.05, 4.69) is 67.6 Å². The van der Waals surface area contributed by atoms with Crippen molar-refractivity contribution in [3.05, 3.63) is 55.1 Å². The van der Waals surface area contributed by atoms with Crippen LogP contribution >= 0.6 is 43.2 Å². The van der Waals surface area contributed by atoms with E-state index in [0.717, 1.165) is 23.9 Å². The second kappa shape index (κ2) is 6.85. The van der Waals surface area contributed by atoms with Crippen molar-refractivity contribution in [2.45, 2.75) is 12.8 Å². The third-order valence-corrected chi connectivity index (χ3v) is 5.35. The first kappa shape index (κ1) is 14.3. The highest BCUT2D eigenvalue weighted by atomic mass is 79.9. The fourth-order valence-electron chi connectivity index (χ4n) is 1.97. The Morgan fingerprint density at radius 1 is 1.17 bits per heavy atom. The number of halogens is 2. The van der Waals surface area contributed by atoms with Gasteiger partial charge in [-0.15, -0.1) is 11.3 Å². The molecule has 0 amide bonds. The minimum absolute atomic E-state index is 0.495. The predicted molar refractivity (Wildman–Crippen MR) is 86.1 cm³/mol. The zero-order valence-electron chi connectivity index (χ0n) is 9.90. The summed E-state index contributed by atoms with van der Waals surface area (Å²) in [6, 6.07) is 10.6. The molecule has 0 aliphatic heterocycles. The third-order valence-electron chi connectivity index (χ3n) is 2.91. The van der Waals surface area contributed by atoms with Gasteiger partial charge in [0.15, 0.2) is 0 Å². The smallest absolute Gasteiger partial charge is 0.0314 e. The summed E-state index contributed by atoms with van der Waals surface area (Å²) in [6.45, 7) is 0.719. The molecule has 96 valence electrons. The minimum Gasteiger partial charge on any atom is -0.330 e. The predicted octanol–water partition coefficient (Wildman–Crippen LogP) is 4.63. The topological polar surface area (TPSA) is 26.0 Å². The summed E-state index contributed by atoms with van der Waals surface area (Å²) in [7, 11) is 0. The van der Waals surface area contributed by atoms with E-state index >= 15 is 0 Å². The van der Waals surface area contributed by atoms with Crippen LogP contribution in [0.1, 0.15) is 10.4 Å². The third kappa shape index (κ3) is 3.92. The Labute approximate surface area is 129 Å². The fourth-order valence-corrected chi connectivity index (χ4v) is 4.05. The van der Waals surface area contributed by atoms with Gasteiger partial charge in [0.2, 0.25) is 0 Å². The van der Waals surface area contributed by atoms with Crippen LogP contribution in [0.3, 0.4) is 0 Å². The highest BCUT2D eigenvalue weighted by Gasteiger charge is 2.12. The molecule has 2 N–H and O–H groups in total. The number of rotatable bonds is 5. The van der Waals surface area contributed by atoms with E-state index < -0.39 is 0 Å². The van der Waals surface area contributed by atoms with E-state index in [4.69, 9.17) is 5.73 Å². The quantitative estimate of drug-likeness (QED) is 0.793. The van der Waals surface area contributed by atoms with Gasteiger partial charge in [-0.05, 0) is 70.4 Å². The number of hydrogen-bond acceptors (Lipinski definition) is 2. The first-order valence-corrected chi connectivity index (χ1v) is 8.32. The molecule has 1 heterocycles. The van der Waals surface area contributed by atoms with Crippen molar-refractivity contribution in [1.29, 1.82) is 0 Å². The second-order valence-electron chi connectivity index (χ2n) is 4.33. The lowest BCUT2D eigenvalue weighted by Gasteiger charge is -2.14. The zero-order chi connectivity index (χ0) is 13.0. The van der Waals surface area contributed by atoms with Crippen molar-refractivity contribution in [3.8, 4) is 0 Å². The highest BCUT2D eigenvalue weighted by Crippen LogP contribution is 2.26. The van der Waals surface area contributed by atoms with Crippen LogP contribution in [0.2, 0.25) is 0 Å². The lowest BCUT2D eigenvalue weighted by atomic mass is 9.96. The molecule has 0 aliphatic rings. The number of hydrogen-bond donors (Lipinski definition) is 1. The summed E-state index contributed by atoms with van der Waals surface area (Å²) in [5.41, 5.74) is 7.24. The molecule has 1 atom stereocenters. The molecule has 0 saturated carbocycles. The molecule has 1 aromatic carbocycles. The van der Waals surface area contributed by atoms with Gasteiger partial charge in [-0.25, -0.2) is 0 Å². The van der Waals surface area contributed by atoms with Gasteiger partial charge in [-0.2, -0.15) is 0 Å². The normalized spacial score (nSPS) is 12.6. The minimum atomic E-state index is 0.495. The van der Waals surface area contributed by atoms with Gasteiger partial charge in [-0.3, -0.25) is 0 Å². The van der Waals surface area contributed by atoms with Crippen molar-refractivity contribution in [2.24, 2.45) is 11.7 Å². The van der Waals surface area contributed by atoms with Crippen molar-refractivity contribution >= 4 is 43.2 Å². The largest absolute Gasteiger partial charge is 0.330 e. The molecule has 1 unspecified atom stereocenters. The van der Waals surface area contributed by atoms with E-state index in [1.807, 2.05) is 0 Å². The summed E-state index contributed by atoms with van der Waals surface area (Å²) in [5.74, 6) is 0.495. The van der Waals surface area contributed by atoms with Crippen LogP contribution in [0.5, 0.6) is 0 Å². The lowest BCUT2D eigenvalue weighted by Crippen LogP contribution is -2.19. The number of thiophene rings is 1. The maximum atomic E-state index is 5.90. The number of benzene rings is 1. The first-order valence-electron chi connectivity index (χ1n) is 5.85. The molecule has 0 spiro atoms. The molecule has 0 bridgehead atoms. The summed E-state index contributed by atoms with van der Waals surface area (Å²) in [4.78, 5) is 1.39. The molecule has 0 saturated heterocycles. The summed E-state index contributed by atoms with van der Waals surface area (Å²) in [6.07, 6.45) is 2.07. The van der Waals surface area contributed by atoms with Gasteiger partial charge in [0.25, 0.3) is 0 Å². The van der Waals surface area contributed by atoms with Gasteiger partial charge in [0, 0.05) is 13.8 Å². The molecule has 0 aliphatic carbocycles. The standard InChI is InChI=1S/C14H15Br2NS/c15-12-3-1-2-10(7-12)6-11(9-17)8-14-13(16)4-5-18-14/h1-5,7,11H,6,8-9,17H2. The Bertz CT molecular complexity index is 510. The monoisotopic (exact) mass is 387 g/mol. The van der Waals surface area contributed by atoms with E-state index in [1.54, 1.807) is 11.3 Å². The molecular formula is C14H15Br2NS. The van der Waals surface area contributed by atoms with Crippen LogP contribution in [0.15, 0.2) is 44.7 Å². The summed E-state index contributed by atoms with van der Waals surface area (Å²) < 4.78 is 2.34. The fraction of sp³-hybridized carbons (Fsp3) is 0.286. The van der Waals surface area contributed by atoms with Crippen molar-refractivity contribution in [3.63, 3.8) is 0 Å². The van der Waals surface area contributed by atoms with Crippen molar-refractivity contribution < 1.29 is 0 Å². The van der Waals surface area contributed by atoms with Crippen LogP contribution in [0, 0.1) is 5.92 Å². The van der Waals surface area contributed by atoms with Crippen LogP contribution in [0.25, 0.3) is 0 Å². The number of nitrogens with two attached hydrogens (primary N) is 1. The van der Waals surface area contributed by atoms with Crippen LogP contribution in [-0.2, 0) is 12.8 Å².